The van der Waals surface area contributed by atoms with E-state index in [-0.39, 0.29) is 9.76 Å². The summed E-state index contributed by atoms with van der Waals surface area (Å²) >= 11 is 0. The average molecular weight is 190 g/mol. The van der Waals surface area contributed by atoms with E-state index < -0.39 is 0 Å². The van der Waals surface area contributed by atoms with Crippen molar-refractivity contribution in [2.75, 3.05) is 19.7 Å². The van der Waals surface area contributed by atoms with Gasteiger partial charge in [-0.25, -0.2) is 0 Å². The molecule has 0 saturated heterocycles. The lowest BCUT2D eigenvalue weighted by Crippen LogP contribution is -2.29. The number of rotatable bonds is 8. The fraction of sp³-hybridized carbons (Fsp3) is 1.00. The van der Waals surface area contributed by atoms with Crippen LogP contribution < -0.4 is 11.1 Å². The van der Waals surface area contributed by atoms with Gasteiger partial charge in [0.05, 0.1) is 0 Å². The van der Waals surface area contributed by atoms with Gasteiger partial charge in [-0.15, -0.1) is 0 Å². The molecule has 3 nitrogen and oxygen atoms in total. The largest absolute Gasteiger partial charge is 0.424 e. The van der Waals surface area contributed by atoms with Gasteiger partial charge in [-0.2, -0.15) is 0 Å². The lowest BCUT2D eigenvalue weighted by atomic mass is 10.3. The molecular weight excluding hydrogens is 168 g/mol. The van der Waals surface area contributed by atoms with Crippen LogP contribution in [-0.2, 0) is 4.43 Å². The first-order chi connectivity index (χ1) is 5.81. The van der Waals surface area contributed by atoms with Crippen molar-refractivity contribution >= 4 is 9.76 Å². The Labute approximate surface area is 78.0 Å². The molecule has 0 aromatic rings. The highest BCUT2D eigenvalue weighted by Crippen LogP contribution is 1.90. The highest BCUT2D eigenvalue weighted by atomic mass is 28.2. The first-order valence-electron chi connectivity index (χ1n) is 4.82. The molecule has 0 amide bonds. The second-order valence-electron chi connectivity index (χ2n) is 2.98. The molecule has 0 bridgehead atoms. The average Bonchev–Trinajstić information content (AvgIpc) is 2.06. The SMILES string of the molecule is CCO[SiH2]CC(C)NCCCN. The molecule has 0 saturated carbocycles. The summed E-state index contributed by atoms with van der Waals surface area (Å²) in [6.45, 7) is 6.96. The second-order valence-corrected chi connectivity index (χ2v) is 4.38. The molecule has 4 heteroatoms. The highest BCUT2D eigenvalue weighted by molar-refractivity contribution is 6.27. The van der Waals surface area contributed by atoms with Crippen LogP contribution in [0.15, 0.2) is 0 Å². The summed E-state index contributed by atoms with van der Waals surface area (Å²) in [4.78, 5) is 0. The predicted molar refractivity (Wildman–Crippen MR) is 56.1 cm³/mol. The normalized spacial score (nSPS) is 14.2. The second kappa shape index (κ2) is 9.19. The van der Waals surface area contributed by atoms with Gasteiger partial charge >= 0.3 is 0 Å². The monoisotopic (exact) mass is 190 g/mol. The zero-order valence-corrected chi connectivity index (χ0v) is 9.72. The summed E-state index contributed by atoms with van der Waals surface area (Å²) in [6, 6.07) is 1.83. The van der Waals surface area contributed by atoms with Crippen LogP contribution in [0.1, 0.15) is 20.3 Å². The third-order valence-electron chi connectivity index (χ3n) is 1.77. The Kier molecular flexibility index (Phi) is 9.26. The van der Waals surface area contributed by atoms with Crippen LogP contribution in [0, 0.1) is 0 Å². The van der Waals surface area contributed by atoms with Crippen LogP contribution in [0.3, 0.4) is 0 Å². The zero-order chi connectivity index (χ0) is 9.23. The van der Waals surface area contributed by atoms with Gasteiger partial charge in [0.2, 0.25) is 0 Å². The first-order valence-corrected chi connectivity index (χ1v) is 6.40. The molecule has 3 N–H and O–H groups in total. The van der Waals surface area contributed by atoms with Gasteiger partial charge in [0, 0.05) is 12.6 Å². The lowest BCUT2D eigenvalue weighted by molar-refractivity contribution is 0.356. The molecule has 0 fully saturated rings. The summed E-state index contributed by atoms with van der Waals surface area (Å²) in [6.07, 6.45) is 1.07. The van der Waals surface area contributed by atoms with Gasteiger partial charge in [-0.3, -0.25) is 0 Å². The minimum absolute atomic E-state index is 0.264. The molecule has 0 radical (unpaired) electrons. The Balaban J connectivity index is 3.04. The summed E-state index contributed by atoms with van der Waals surface area (Å²) in [5.74, 6) is 0. The van der Waals surface area contributed by atoms with E-state index in [1.165, 1.54) is 6.04 Å². The number of hydrogen-bond acceptors (Lipinski definition) is 3. The molecule has 0 aliphatic carbocycles. The minimum Gasteiger partial charge on any atom is -0.424 e. The molecule has 1 atom stereocenters. The molecule has 1 unspecified atom stereocenters. The molecule has 0 aromatic heterocycles. The Morgan fingerprint density at radius 3 is 2.92 bits per heavy atom. The predicted octanol–water partition coefficient (Wildman–Crippen LogP) is -0.148. The molecule has 0 spiro atoms. The van der Waals surface area contributed by atoms with Crippen molar-refractivity contribution in [2.45, 2.75) is 32.4 Å². The van der Waals surface area contributed by atoms with Crippen molar-refractivity contribution in [2.24, 2.45) is 5.73 Å². The Hall–Kier alpha value is 0.0969. The van der Waals surface area contributed by atoms with Crippen LogP contribution in [0.2, 0.25) is 6.04 Å². The van der Waals surface area contributed by atoms with Gasteiger partial charge < -0.3 is 15.5 Å². The maximum absolute atomic E-state index is 5.38. The first kappa shape index (κ1) is 12.1. The van der Waals surface area contributed by atoms with Crippen LogP contribution in [0.4, 0.5) is 0 Å². The topological polar surface area (TPSA) is 47.3 Å². The molecule has 0 heterocycles. The van der Waals surface area contributed by atoms with Crippen molar-refractivity contribution in [1.82, 2.24) is 5.32 Å². The van der Waals surface area contributed by atoms with E-state index in [4.69, 9.17) is 10.2 Å². The van der Waals surface area contributed by atoms with E-state index in [9.17, 15) is 0 Å². The van der Waals surface area contributed by atoms with Gasteiger partial charge in [0.25, 0.3) is 0 Å². The van der Waals surface area contributed by atoms with Crippen LogP contribution in [0.5, 0.6) is 0 Å². The van der Waals surface area contributed by atoms with Gasteiger partial charge in [0.15, 0.2) is 9.76 Å². The van der Waals surface area contributed by atoms with Gasteiger partial charge in [-0.05, 0) is 39.4 Å². The Morgan fingerprint density at radius 2 is 2.33 bits per heavy atom. The van der Waals surface area contributed by atoms with E-state index in [1.54, 1.807) is 0 Å². The van der Waals surface area contributed by atoms with Crippen molar-refractivity contribution in [1.29, 1.82) is 0 Å². The van der Waals surface area contributed by atoms with E-state index in [0.717, 1.165) is 26.1 Å². The van der Waals surface area contributed by atoms with Gasteiger partial charge in [0.1, 0.15) is 0 Å². The highest BCUT2D eigenvalue weighted by Gasteiger charge is 1.99. The Bertz CT molecular complexity index is 83.1. The Morgan fingerprint density at radius 1 is 1.58 bits per heavy atom. The van der Waals surface area contributed by atoms with Crippen molar-refractivity contribution < 1.29 is 4.43 Å². The van der Waals surface area contributed by atoms with E-state index >= 15 is 0 Å². The number of nitrogens with two attached hydrogens (primary N) is 1. The summed E-state index contributed by atoms with van der Waals surface area (Å²) in [5.41, 5.74) is 5.38. The number of hydrogen-bond donors (Lipinski definition) is 2. The van der Waals surface area contributed by atoms with Crippen LogP contribution in [0.25, 0.3) is 0 Å². The number of nitrogens with one attached hydrogen (secondary N) is 1. The van der Waals surface area contributed by atoms with Crippen LogP contribution in [-0.4, -0.2) is 35.5 Å². The third kappa shape index (κ3) is 8.20. The molecule has 74 valence electrons. The molecule has 0 aromatic carbocycles. The third-order valence-corrected chi connectivity index (χ3v) is 3.57. The van der Waals surface area contributed by atoms with E-state index in [1.807, 2.05) is 0 Å². The molecule has 0 aliphatic rings. The molecule has 0 aliphatic heterocycles. The molecular formula is C8H22N2OSi. The standard InChI is InChI=1S/C8H22N2OSi/c1-3-11-12-7-8(2)10-6-4-5-9/h8,10H,3-7,9,12H2,1-2H3. The quantitative estimate of drug-likeness (QED) is 0.413. The van der Waals surface area contributed by atoms with Crippen LogP contribution >= 0.6 is 0 Å². The zero-order valence-electron chi connectivity index (χ0n) is 8.31. The minimum atomic E-state index is -0.264. The van der Waals surface area contributed by atoms with E-state index in [0.29, 0.717) is 6.04 Å². The summed E-state index contributed by atoms with van der Waals surface area (Å²) < 4.78 is 5.38. The maximum atomic E-state index is 5.38. The smallest absolute Gasteiger partial charge is 0.163 e. The van der Waals surface area contributed by atoms with E-state index in [2.05, 4.69) is 19.2 Å². The van der Waals surface area contributed by atoms with Crippen molar-refractivity contribution in [3.63, 3.8) is 0 Å². The maximum Gasteiger partial charge on any atom is 0.163 e. The van der Waals surface area contributed by atoms with Crippen molar-refractivity contribution in [3.05, 3.63) is 0 Å². The fourth-order valence-corrected chi connectivity index (χ4v) is 1.97. The van der Waals surface area contributed by atoms with Gasteiger partial charge in [-0.1, -0.05) is 0 Å². The lowest BCUT2D eigenvalue weighted by Gasteiger charge is -2.12. The molecule has 0 rings (SSSR count). The molecule has 12 heavy (non-hydrogen) atoms. The summed E-state index contributed by atoms with van der Waals surface area (Å²) in [5, 5.41) is 3.42. The summed E-state index contributed by atoms with van der Waals surface area (Å²) in [7, 11) is -0.264. The fourth-order valence-electron chi connectivity index (χ4n) is 0.957. The van der Waals surface area contributed by atoms with Crippen molar-refractivity contribution in [3.8, 4) is 0 Å².